The molecule has 0 aliphatic carbocycles. The third-order valence-electron chi connectivity index (χ3n) is 3.66. The zero-order chi connectivity index (χ0) is 17.9. The van der Waals surface area contributed by atoms with Crippen molar-refractivity contribution in [2.75, 3.05) is 13.2 Å². The van der Waals surface area contributed by atoms with E-state index in [0.717, 1.165) is 5.19 Å². The Balaban J connectivity index is 2.43. The summed E-state index contributed by atoms with van der Waals surface area (Å²) in [5.41, 5.74) is -0.104. The van der Waals surface area contributed by atoms with Gasteiger partial charge in [0.1, 0.15) is 0 Å². The van der Waals surface area contributed by atoms with Crippen LogP contribution in [0, 0.1) is 23.3 Å². The van der Waals surface area contributed by atoms with Crippen LogP contribution in [0.25, 0.3) is 11.1 Å². The van der Waals surface area contributed by atoms with E-state index in [1.165, 1.54) is 12.1 Å². The quantitative estimate of drug-likeness (QED) is 0.332. The van der Waals surface area contributed by atoms with Crippen LogP contribution in [0.15, 0.2) is 30.3 Å². The fourth-order valence-electron chi connectivity index (χ4n) is 2.49. The maximum absolute atomic E-state index is 13.9. The molecule has 130 valence electrons. The first-order valence-corrected chi connectivity index (χ1v) is 9.87. The molecule has 24 heavy (non-hydrogen) atoms. The van der Waals surface area contributed by atoms with Crippen LogP contribution in [0.3, 0.4) is 0 Å². The summed E-state index contributed by atoms with van der Waals surface area (Å²) in [5, 5.41) is 0.804. The fraction of sp³-hybridized carbons (Fsp3) is 0.294. The lowest BCUT2D eigenvalue weighted by Crippen LogP contribution is -2.51. The molecule has 0 heterocycles. The molecule has 2 rings (SSSR count). The number of hydrogen-bond donors (Lipinski definition) is 0. The second-order valence-electron chi connectivity index (χ2n) is 5.24. The Morgan fingerprint density at radius 3 is 1.88 bits per heavy atom. The van der Waals surface area contributed by atoms with Crippen LogP contribution < -0.4 is 5.19 Å². The van der Waals surface area contributed by atoms with Crippen molar-refractivity contribution in [3.05, 3.63) is 53.6 Å². The van der Waals surface area contributed by atoms with Gasteiger partial charge in [0.15, 0.2) is 23.3 Å². The summed E-state index contributed by atoms with van der Waals surface area (Å²) in [6, 6.07) is 7.00. The van der Waals surface area contributed by atoms with E-state index in [1.807, 2.05) is 20.4 Å². The molecule has 7 heteroatoms. The van der Waals surface area contributed by atoms with Gasteiger partial charge in [-0.2, -0.15) is 0 Å². The van der Waals surface area contributed by atoms with Crippen molar-refractivity contribution < 1.29 is 26.4 Å². The Labute approximate surface area is 139 Å². The molecule has 0 aliphatic rings. The number of benzene rings is 2. The van der Waals surface area contributed by atoms with Gasteiger partial charge in [-0.3, -0.25) is 0 Å². The molecule has 0 aromatic heterocycles. The van der Waals surface area contributed by atoms with E-state index in [-0.39, 0.29) is 11.1 Å². The molecular formula is C17H18F4O2Si. The van der Waals surface area contributed by atoms with Crippen molar-refractivity contribution in [3.63, 3.8) is 0 Å². The Hall–Kier alpha value is -1.70. The summed E-state index contributed by atoms with van der Waals surface area (Å²) >= 11 is 0. The monoisotopic (exact) mass is 358 g/mol. The molecule has 0 amide bonds. The van der Waals surface area contributed by atoms with Crippen LogP contribution in [0.5, 0.6) is 0 Å². The van der Waals surface area contributed by atoms with Crippen LogP contribution in [-0.4, -0.2) is 21.8 Å². The highest BCUT2D eigenvalue weighted by molar-refractivity contribution is 6.79. The number of halogens is 4. The molecule has 0 saturated heterocycles. The van der Waals surface area contributed by atoms with Gasteiger partial charge in [0.05, 0.1) is 0 Å². The third kappa shape index (κ3) is 3.53. The van der Waals surface area contributed by atoms with Crippen LogP contribution in [0.2, 0.25) is 6.55 Å². The SMILES string of the molecule is CCO[Si](C)(OCC)c1ccc(-c2cc(F)c(F)c(F)c2F)cc1. The van der Waals surface area contributed by atoms with Gasteiger partial charge in [-0.1, -0.05) is 24.3 Å². The molecule has 0 bridgehead atoms. The van der Waals surface area contributed by atoms with Crippen molar-refractivity contribution in [2.24, 2.45) is 0 Å². The highest BCUT2D eigenvalue weighted by atomic mass is 28.4. The van der Waals surface area contributed by atoms with Crippen LogP contribution in [0.4, 0.5) is 17.6 Å². The van der Waals surface area contributed by atoms with E-state index in [9.17, 15) is 17.6 Å². The first-order valence-electron chi connectivity index (χ1n) is 7.55. The third-order valence-corrected chi connectivity index (χ3v) is 6.72. The molecule has 0 aliphatic heterocycles. The number of hydrogen-bond acceptors (Lipinski definition) is 2. The van der Waals surface area contributed by atoms with Crippen molar-refractivity contribution in [2.45, 2.75) is 20.4 Å². The summed E-state index contributed by atoms with van der Waals surface area (Å²) in [4.78, 5) is 0. The van der Waals surface area contributed by atoms with E-state index < -0.39 is 31.8 Å². The van der Waals surface area contributed by atoms with Gasteiger partial charge < -0.3 is 8.85 Å². The van der Waals surface area contributed by atoms with E-state index in [0.29, 0.717) is 19.3 Å². The first kappa shape index (κ1) is 18.6. The maximum atomic E-state index is 13.9. The van der Waals surface area contributed by atoms with E-state index >= 15 is 0 Å². The molecule has 0 unspecified atom stereocenters. The maximum Gasteiger partial charge on any atom is 0.369 e. The summed E-state index contributed by atoms with van der Waals surface area (Å²) in [7, 11) is -2.60. The summed E-state index contributed by atoms with van der Waals surface area (Å²) in [5.74, 6) is -6.50. The molecule has 0 saturated carbocycles. The predicted octanol–water partition coefficient (Wildman–Crippen LogP) is 4.26. The van der Waals surface area contributed by atoms with Gasteiger partial charge in [0.2, 0.25) is 0 Å². The lowest BCUT2D eigenvalue weighted by atomic mass is 10.0. The Kier molecular flexibility index (Phi) is 5.79. The largest absolute Gasteiger partial charge is 0.391 e. The minimum atomic E-state index is -2.60. The molecular weight excluding hydrogens is 340 g/mol. The first-order chi connectivity index (χ1) is 11.3. The Morgan fingerprint density at radius 1 is 0.833 bits per heavy atom. The predicted molar refractivity (Wildman–Crippen MR) is 86.2 cm³/mol. The lowest BCUT2D eigenvalue weighted by Gasteiger charge is -2.26. The molecule has 0 fully saturated rings. The zero-order valence-electron chi connectivity index (χ0n) is 13.6. The van der Waals surface area contributed by atoms with Gasteiger partial charge >= 0.3 is 8.56 Å². The lowest BCUT2D eigenvalue weighted by molar-refractivity contribution is 0.202. The molecule has 2 nitrogen and oxygen atoms in total. The standard InChI is InChI=1S/C17H18F4O2Si/c1-4-22-24(3,23-5-2)12-8-6-11(7-9-12)13-10-14(18)16(20)17(21)15(13)19/h6-10H,4-5H2,1-3H3. The zero-order valence-corrected chi connectivity index (χ0v) is 14.6. The highest BCUT2D eigenvalue weighted by Crippen LogP contribution is 2.27. The summed E-state index contributed by atoms with van der Waals surface area (Å²) < 4.78 is 65.2. The van der Waals surface area contributed by atoms with Crippen LogP contribution in [-0.2, 0) is 8.85 Å². The molecule has 0 N–H and O–H groups in total. The van der Waals surface area contributed by atoms with Gasteiger partial charge in [-0.15, -0.1) is 0 Å². The van der Waals surface area contributed by atoms with E-state index in [1.54, 1.807) is 12.1 Å². The topological polar surface area (TPSA) is 18.5 Å². The average Bonchev–Trinajstić information content (AvgIpc) is 2.57. The van der Waals surface area contributed by atoms with Crippen LogP contribution in [0.1, 0.15) is 13.8 Å². The average molecular weight is 358 g/mol. The summed E-state index contributed by atoms with van der Waals surface area (Å²) in [6.45, 7) is 6.56. The molecule has 0 spiro atoms. The van der Waals surface area contributed by atoms with Crippen molar-refractivity contribution in [1.82, 2.24) is 0 Å². The molecule has 2 aromatic carbocycles. The second-order valence-corrected chi connectivity index (χ2v) is 8.28. The second kappa shape index (κ2) is 7.46. The van der Waals surface area contributed by atoms with Gasteiger partial charge in [-0.05, 0) is 37.2 Å². The van der Waals surface area contributed by atoms with Crippen molar-refractivity contribution in [3.8, 4) is 11.1 Å². The molecule has 2 aromatic rings. The minimum absolute atomic E-state index is 0.235. The highest BCUT2D eigenvalue weighted by Gasteiger charge is 2.33. The van der Waals surface area contributed by atoms with Gasteiger partial charge in [0, 0.05) is 18.8 Å². The van der Waals surface area contributed by atoms with Gasteiger partial charge in [-0.25, -0.2) is 17.6 Å². The van der Waals surface area contributed by atoms with E-state index in [2.05, 4.69) is 0 Å². The van der Waals surface area contributed by atoms with Gasteiger partial charge in [0.25, 0.3) is 0 Å². The number of rotatable bonds is 6. The van der Waals surface area contributed by atoms with E-state index in [4.69, 9.17) is 8.85 Å². The fourth-order valence-corrected chi connectivity index (χ4v) is 4.79. The van der Waals surface area contributed by atoms with Crippen molar-refractivity contribution >= 4 is 13.7 Å². The Morgan fingerprint density at radius 2 is 1.38 bits per heavy atom. The molecule has 0 atom stereocenters. The van der Waals surface area contributed by atoms with Crippen molar-refractivity contribution in [1.29, 1.82) is 0 Å². The normalized spacial score (nSPS) is 11.8. The molecule has 0 radical (unpaired) electrons. The smallest absolute Gasteiger partial charge is 0.369 e. The van der Waals surface area contributed by atoms with Crippen LogP contribution >= 0.6 is 0 Å². The Bertz CT molecular complexity index is 714. The minimum Gasteiger partial charge on any atom is -0.391 e. The summed E-state index contributed by atoms with van der Waals surface area (Å²) in [6.07, 6.45) is 0.